The summed E-state index contributed by atoms with van der Waals surface area (Å²) in [5, 5.41) is 9.01. The molecule has 0 saturated carbocycles. The highest BCUT2D eigenvalue weighted by molar-refractivity contribution is 5.65. The smallest absolute Gasteiger partial charge is 0.407 e. The zero-order chi connectivity index (χ0) is 14.8. The van der Waals surface area contributed by atoms with Gasteiger partial charge in [0.05, 0.1) is 12.7 Å². The van der Waals surface area contributed by atoms with E-state index in [2.05, 4.69) is 16.8 Å². The standard InChI is InChI=1S/C16H15N3O2/c1-12-3-2-4-13(9-12)5-6-14-10-17-15-11-18(16(20)21)7-8-19(14)15/h2-4,9-10H,7-8,11H2,1H3,(H,20,21). The first kappa shape index (κ1) is 13.3. The van der Waals surface area contributed by atoms with Gasteiger partial charge < -0.3 is 9.67 Å². The number of imidazole rings is 1. The largest absolute Gasteiger partial charge is 0.465 e. The first-order chi connectivity index (χ1) is 10.1. The Hall–Kier alpha value is -2.74. The molecule has 0 atom stereocenters. The van der Waals surface area contributed by atoms with Crippen LogP contribution in [0.15, 0.2) is 30.5 Å². The molecule has 1 N–H and O–H groups in total. The summed E-state index contributed by atoms with van der Waals surface area (Å²) in [6, 6.07) is 8.02. The lowest BCUT2D eigenvalue weighted by molar-refractivity contribution is 0.131. The number of carboxylic acid groups (broad SMARTS) is 1. The van der Waals surface area contributed by atoms with Crippen molar-refractivity contribution in [1.82, 2.24) is 14.5 Å². The van der Waals surface area contributed by atoms with Crippen molar-refractivity contribution >= 4 is 6.09 Å². The molecular weight excluding hydrogens is 266 g/mol. The van der Waals surface area contributed by atoms with Crippen molar-refractivity contribution in [2.45, 2.75) is 20.0 Å². The Morgan fingerprint density at radius 3 is 2.95 bits per heavy atom. The van der Waals surface area contributed by atoms with E-state index >= 15 is 0 Å². The van der Waals surface area contributed by atoms with Crippen LogP contribution in [0.3, 0.4) is 0 Å². The summed E-state index contributed by atoms with van der Waals surface area (Å²) in [6.45, 7) is 3.42. The summed E-state index contributed by atoms with van der Waals surface area (Å²) in [5.74, 6) is 7.00. The average molecular weight is 281 g/mol. The molecule has 1 aliphatic rings. The topological polar surface area (TPSA) is 58.4 Å². The van der Waals surface area contributed by atoms with Gasteiger partial charge in [0.15, 0.2) is 0 Å². The summed E-state index contributed by atoms with van der Waals surface area (Å²) in [4.78, 5) is 16.6. The van der Waals surface area contributed by atoms with E-state index in [0.29, 0.717) is 19.6 Å². The Bertz CT molecular complexity index is 752. The van der Waals surface area contributed by atoms with E-state index < -0.39 is 6.09 Å². The molecule has 5 nitrogen and oxygen atoms in total. The Labute approximate surface area is 122 Å². The van der Waals surface area contributed by atoms with Gasteiger partial charge in [0.1, 0.15) is 11.5 Å². The summed E-state index contributed by atoms with van der Waals surface area (Å²) < 4.78 is 1.99. The number of hydrogen-bond acceptors (Lipinski definition) is 2. The molecule has 1 amide bonds. The van der Waals surface area contributed by atoms with Gasteiger partial charge in [-0.05, 0) is 30.5 Å². The highest BCUT2D eigenvalue weighted by Crippen LogP contribution is 2.14. The normalized spacial score (nSPS) is 13.3. The van der Waals surface area contributed by atoms with E-state index in [-0.39, 0.29) is 0 Å². The maximum atomic E-state index is 11.0. The second-order valence-electron chi connectivity index (χ2n) is 5.03. The molecule has 1 aliphatic heterocycles. The molecule has 5 heteroatoms. The fourth-order valence-electron chi connectivity index (χ4n) is 2.38. The van der Waals surface area contributed by atoms with Gasteiger partial charge in [-0.2, -0.15) is 0 Å². The quantitative estimate of drug-likeness (QED) is 0.752. The van der Waals surface area contributed by atoms with Gasteiger partial charge in [0.2, 0.25) is 0 Å². The fourth-order valence-corrected chi connectivity index (χ4v) is 2.38. The van der Waals surface area contributed by atoms with Crippen LogP contribution in [0.25, 0.3) is 0 Å². The number of benzene rings is 1. The van der Waals surface area contributed by atoms with Gasteiger partial charge in [0.25, 0.3) is 0 Å². The summed E-state index contributed by atoms with van der Waals surface area (Å²) in [6.07, 6.45) is 0.806. The number of hydrogen-bond donors (Lipinski definition) is 1. The lowest BCUT2D eigenvalue weighted by atomic mass is 10.1. The molecule has 2 heterocycles. The molecular formula is C16H15N3O2. The molecule has 2 aromatic rings. The maximum absolute atomic E-state index is 11.0. The highest BCUT2D eigenvalue weighted by atomic mass is 16.4. The minimum absolute atomic E-state index is 0.321. The zero-order valence-electron chi connectivity index (χ0n) is 11.7. The number of aryl methyl sites for hydroxylation is 1. The second-order valence-corrected chi connectivity index (χ2v) is 5.03. The Balaban J connectivity index is 1.85. The van der Waals surface area contributed by atoms with E-state index in [1.54, 1.807) is 6.20 Å². The number of nitrogens with zero attached hydrogens (tertiary/aromatic N) is 3. The van der Waals surface area contributed by atoms with E-state index in [0.717, 1.165) is 17.1 Å². The Morgan fingerprint density at radius 1 is 1.33 bits per heavy atom. The molecule has 1 aromatic carbocycles. The zero-order valence-corrected chi connectivity index (χ0v) is 11.7. The minimum Gasteiger partial charge on any atom is -0.465 e. The van der Waals surface area contributed by atoms with Crippen LogP contribution < -0.4 is 0 Å². The van der Waals surface area contributed by atoms with Gasteiger partial charge in [-0.25, -0.2) is 9.78 Å². The SMILES string of the molecule is Cc1cccc(C#Cc2cnc3n2CCN(C(=O)O)C3)c1. The van der Waals surface area contributed by atoms with E-state index in [1.807, 2.05) is 35.8 Å². The lowest BCUT2D eigenvalue weighted by Gasteiger charge is -2.25. The first-order valence-corrected chi connectivity index (χ1v) is 6.74. The van der Waals surface area contributed by atoms with Gasteiger partial charge in [-0.1, -0.05) is 18.1 Å². The van der Waals surface area contributed by atoms with E-state index in [1.165, 1.54) is 10.5 Å². The molecule has 0 bridgehead atoms. The molecule has 0 aliphatic carbocycles. The Kier molecular flexibility index (Phi) is 3.36. The number of amides is 1. The molecule has 3 rings (SSSR count). The van der Waals surface area contributed by atoms with Crippen molar-refractivity contribution in [3.8, 4) is 11.8 Å². The van der Waals surface area contributed by atoms with Gasteiger partial charge in [-0.3, -0.25) is 4.90 Å². The van der Waals surface area contributed by atoms with Crippen molar-refractivity contribution in [1.29, 1.82) is 0 Å². The van der Waals surface area contributed by atoms with Crippen LogP contribution in [0.2, 0.25) is 0 Å². The third-order valence-corrected chi connectivity index (χ3v) is 3.49. The predicted molar refractivity (Wildman–Crippen MR) is 77.8 cm³/mol. The van der Waals surface area contributed by atoms with Crippen molar-refractivity contribution in [2.75, 3.05) is 6.54 Å². The van der Waals surface area contributed by atoms with Gasteiger partial charge in [0, 0.05) is 18.7 Å². The number of aromatic nitrogens is 2. The third kappa shape index (κ3) is 2.75. The van der Waals surface area contributed by atoms with Crippen molar-refractivity contribution in [3.05, 3.63) is 53.1 Å². The fraction of sp³-hybridized carbons (Fsp3) is 0.250. The van der Waals surface area contributed by atoms with Gasteiger partial charge in [-0.15, -0.1) is 0 Å². The molecule has 106 valence electrons. The lowest BCUT2D eigenvalue weighted by Crippen LogP contribution is -2.37. The van der Waals surface area contributed by atoms with Crippen molar-refractivity contribution in [2.24, 2.45) is 0 Å². The minimum atomic E-state index is -0.906. The molecule has 0 spiro atoms. The molecule has 21 heavy (non-hydrogen) atoms. The molecule has 1 aromatic heterocycles. The van der Waals surface area contributed by atoms with E-state index in [4.69, 9.17) is 5.11 Å². The van der Waals surface area contributed by atoms with Gasteiger partial charge >= 0.3 is 6.09 Å². The van der Waals surface area contributed by atoms with Crippen molar-refractivity contribution < 1.29 is 9.90 Å². The highest BCUT2D eigenvalue weighted by Gasteiger charge is 2.22. The number of fused-ring (bicyclic) bond motifs is 1. The second kappa shape index (κ2) is 5.33. The van der Waals surface area contributed by atoms with Crippen LogP contribution >= 0.6 is 0 Å². The van der Waals surface area contributed by atoms with Crippen LogP contribution in [0.1, 0.15) is 22.6 Å². The maximum Gasteiger partial charge on any atom is 0.407 e. The van der Waals surface area contributed by atoms with Crippen LogP contribution in [-0.2, 0) is 13.1 Å². The van der Waals surface area contributed by atoms with Crippen LogP contribution in [0.5, 0.6) is 0 Å². The summed E-state index contributed by atoms with van der Waals surface area (Å²) in [7, 11) is 0. The molecule has 0 radical (unpaired) electrons. The molecule has 0 unspecified atom stereocenters. The first-order valence-electron chi connectivity index (χ1n) is 6.74. The molecule has 0 saturated heterocycles. The average Bonchev–Trinajstić information content (AvgIpc) is 2.87. The monoisotopic (exact) mass is 281 g/mol. The predicted octanol–water partition coefficient (Wildman–Crippen LogP) is 2.08. The van der Waals surface area contributed by atoms with Crippen LogP contribution in [-0.4, -0.2) is 32.2 Å². The van der Waals surface area contributed by atoms with E-state index in [9.17, 15) is 4.79 Å². The van der Waals surface area contributed by atoms with Crippen LogP contribution in [0, 0.1) is 18.8 Å². The summed E-state index contributed by atoms with van der Waals surface area (Å²) >= 11 is 0. The third-order valence-electron chi connectivity index (χ3n) is 3.49. The number of carbonyl (C=O) groups is 1. The number of rotatable bonds is 0. The summed E-state index contributed by atoms with van der Waals surface area (Å²) in [5.41, 5.74) is 2.97. The van der Waals surface area contributed by atoms with Crippen LogP contribution in [0.4, 0.5) is 4.79 Å². The Morgan fingerprint density at radius 2 is 2.19 bits per heavy atom. The molecule has 0 fully saturated rings. The van der Waals surface area contributed by atoms with Crippen molar-refractivity contribution in [3.63, 3.8) is 0 Å².